The Morgan fingerprint density at radius 1 is 1.13 bits per heavy atom. The van der Waals surface area contributed by atoms with Crippen LogP contribution in [0.25, 0.3) is 11.1 Å². The summed E-state index contributed by atoms with van der Waals surface area (Å²) in [5.41, 5.74) is 2.20. The van der Waals surface area contributed by atoms with Crippen molar-refractivity contribution >= 4 is 12.2 Å². The molecule has 0 bridgehead atoms. The van der Waals surface area contributed by atoms with E-state index < -0.39 is 0 Å². The van der Waals surface area contributed by atoms with Gasteiger partial charge < -0.3 is 9.72 Å². The van der Waals surface area contributed by atoms with E-state index in [0.29, 0.717) is 0 Å². The van der Waals surface area contributed by atoms with Gasteiger partial charge in [0.25, 0.3) is 0 Å². The SMILES string of the molecule is COc1cccc(-c2cc[nH]c(=S)c2)c1. The number of pyridine rings is 1. The molecule has 0 aliphatic heterocycles. The number of nitrogens with one attached hydrogen (secondary N) is 1. The highest BCUT2D eigenvalue weighted by atomic mass is 32.1. The molecule has 0 saturated carbocycles. The fourth-order valence-electron chi connectivity index (χ4n) is 1.43. The van der Waals surface area contributed by atoms with Crippen molar-refractivity contribution in [1.82, 2.24) is 4.98 Å². The lowest BCUT2D eigenvalue weighted by atomic mass is 10.1. The quantitative estimate of drug-likeness (QED) is 0.780. The maximum Gasteiger partial charge on any atom is 0.119 e. The fraction of sp³-hybridized carbons (Fsp3) is 0.0833. The zero-order valence-corrected chi connectivity index (χ0v) is 9.17. The number of H-pyrrole nitrogens is 1. The molecular formula is C12H11NOS. The molecule has 1 aromatic heterocycles. The molecule has 0 unspecified atom stereocenters. The van der Waals surface area contributed by atoms with Crippen LogP contribution < -0.4 is 4.74 Å². The standard InChI is InChI=1S/C12H11NOS/c1-14-11-4-2-3-9(7-11)10-5-6-13-12(15)8-10/h2-8H,1H3,(H,13,15). The number of ether oxygens (including phenoxy) is 1. The minimum Gasteiger partial charge on any atom is -0.497 e. The van der Waals surface area contributed by atoms with Crippen LogP contribution in [0.2, 0.25) is 0 Å². The van der Waals surface area contributed by atoms with Crippen LogP contribution in [0, 0.1) is 4.64 Å². The first-order valence-corrected chi connectivity index (χ1v) is 5.03. The summed E-state index contributed by atoms with van der Waals surface area (Å²) in [6, 6.07) is 11.8. The number of hydrogen-bond donors (Lipinski definition) is 1. The van der Waals surface area contributed by atoms with Crippen LogP contribution in [0.4, 0.5) is 0 Å². The van der Waals surface area contributed by atoms with Crippen molar-refractivity contribution < 1.29 is 4.74 Å². The highest BCUT2D eigenvalue weighted by Gasteiger charge is 1.98. The lowest BCUT2D eigenvalue weighted by Crippen LogP contribution is -1.84. The van der Waals surface area contributed by atoms with Crippen LogP contribution >= 0.6 is 12.2 Å². The van der Waals surface area contributed by atoms with Crippen molar-refractivity contribution in [2.24, 2.45) is 0 Å². The third kappa shape index (κ3) is 2.25. The van der Waals surface area contributed by atoms with Gasteiger partial charge in [-0.25, -0.2) is 0 Å². The number of hydrogen-bond acceptors (Lipinski definition) is 2. The van der Waals surface area contributed by atoms with Gasteiger partial charge in [-0.15, -0.1) is 0 Å². The molecule has 0 aliphatic rings. The van der Waals surface area contributed by atoms with Gasteiger partial charge in [0.1, 0.15) is 10.4 Å². The van der Waals surface area contributed by atoms with Crippen LogP contribution in [0.3, 0.4) is 0 Å². The topological polar surface area (TPSA) is 25.0 Å². The Morgan fingerprint density at radius 3 is 2.67 bits per heavy atom. The summed E-state index contributed by atoms with van der Waals surface area (Å²) in [5, 5.41) is 0. The molecule has 0 amide bonds. The molecule has 0 aliphatic carbocycles. The van der Waals surface area contributed by atoms with Crippen LogP contribution in [-0.4, -0.2) is 12.1 Å². The zero-order valence-electron chi connectivity index (χ0n) is 8.36. The average molecular weight is 217 g/mol. The Labute approximate surface area is 93.5 Å². The van der Waals surface area contributed by atoms with E-state index in [1.54, 1.807) is 7.11 Å². The summed E-state index contributed by atoms with van der Waals surface area (Å²) in [5.74, 6) is 0.853. The molecule has 3 heteroatoms. The van der Waals surface area contributed by atoms with Crippen LogP contribution in [0.1, 0.15) is 0 Å². The Balaban J connectivity index is 2.49. The molecule has 2 rings (SSSR count). The molecule has 1 N–H and O–H groups in total. The predicted molar refractivity (Wildman–Crippen MR) is 63.6 cm³/mol. The van der Waals surface area contributed by atoms with E-state index in [-0.39, 0.29) is 0 Å². The first-order valence-electron chi connectivity index (χ1n) is 4.63. The van der Waals surface area contributed by atoms with Crippen molar-refractivity contribution in [2.45, 2.75) is 0 Å². The third-order valence-corrected chi connectivity index (χ3v) is 2.41. The van der Waals surface area contributed by atoms with Crippen LogP contribution in [-0.2, 0) is 0 Å². The summed E-state index contributed by atoms with van der Waals surface area (Å²) >= 11 is 5.07. The number of aromatic nitrogens is 1. The minimum atomic E-state index is 0.732. The largest absolute Gasteiger partial charge is 0.497 e. The summed E-state index contributed by atoms with van der Waals surface area (Å²) in [6.45, 7) is 0. The third-order valence-electron chi connectivity index (χ3n) is 2.18. The van der Waals surface area contributed by atoms with E-state index in [9.17, 15) is 0 Å². The monoisotopic (exact) mass is 217 g/mol. The zero-order chi connectivity index (χ0) is 10.7. The van der Waals surface area contributed by atoms with Gasteiger partial charge in [-0.05, 0) is 35.4 Å². The molecular weight excluding hydrogens is 206 g/mol. The van der Waals surface area contributed by atoms with E-state index >= 15 is 0 Å². The number of benzene rings is 1. The van der Waals surface area contributed by atoms with Crippen molar-refractivity contribution in [2.75, 3.05) is 7.11 Å². The van der Waals surface area contributed by atoms with Gasteiger partial charge in [0, 0.05) is 6.20 Å². The van der Waals surface area contributed by atoms with Crippen molar-refractivity contribution in [1.29, 1.82) is 0 Å². The highest BCUT2D eigenvalue weighted by Crippen LogP contribution is 2.22. The Morgan fingerprint density at radius 2 is 1.93 bits per heavy atom. The maximum atomic E-state index is 5.17. The molecule has 1 aromatic carbocycles. The van der Waals surface area contributed by atoms with E-state index in [1.165, 1.54) is 0 Å². The smallest absolute Gasteiger partial charge is 0.119 e. The number of methoxy groups -OCH3 is 1. The summed E-state index contributed by atoms with van der Waals surface area (Å²) in [7, 11) is 1.66. The van der Waals surface area contributed by atoms with Crippen LogP contribution in [0.15, 0.2) is 42.6 Å². The van der Waals surface area contributed by atoms with Gasteiger partial charge in [0.15, 0.2) is 0 Å². The van der Waals surface area contributed by atoms with Gasteiger partial charge in [-0.1, -0.05) is 24.4 Å². The second kappa shape index (κ2) is 4.28. The summed E-state index contributed by atoms with van der Waals surface area (Å²) in [4.78, 5) is 2.95. The maximum absolute atomic E-state index is 5.17. The molecule has 0 atom stereocenters. The van der Waals surface area contributed by atoms with E-state index in [4.69, 9.17) is 17.0 Å². The molecule has 15 heavy (non-hydrogen) atoms. The fourth-order valence-corrected chi connectivity index (χ4v) is 1.62. The van der Waals surface area contributed by atoms with Crippen molar-refractivity contribution in [3.05, 3.63) is 47.2 Å². The molecule has 76 valence electrons. The molecule has 0 fully saturated rings. The average Bonchev–Trinajstić information content (AvgIpc) is 2.29. The molecule has 2 nitrogen and oxygen atoms in total. The Kier molecular flexibility index (Phi) is 2.83. The Bertz CT molecular complexity index is 519. The second-order valence-electron chi connectivity index (χ2n) is 3.17. The lowest BCUT2D eigenvalue weighted by Gasteiger charge is -2.04. The first kappa shape index (κ1) is 9.93. The number of rotatable bonds is 2. The lowest BCUT2D eigenvalue weighted by molar-refractivity contribution is 0.415. The number of aromatic amines is 1. The minimum absolute atomic E-state index is 0.732. The predicted octanol–water partition coefficient (Wildman–Crippen LogP) is 3.42. The van der Waals surface area contributed by atoms with Crippen molar-refractivity contribution in [3.63, 3.8) is 0 Å². The van der Waals surface area contributed by atoms with E-state index in [1.807, 2.05) is 42.6 Å². The van der Waals surface area contributed by atoms with Crippen LogP contribution in [0.5, 0.6) is 5.75 Å². The molecule has 1 heterocycles. The van der Waals surface area contributed by atoms with Gasteiger partial charge in [0.2, 0.25) is 0 Å². The van der Waals surface area contributed by atoms with Gasteiger partial charge in [-0.2, -0.15) is 0 Å². The highest BCUT2D eigenvalue weighted by molar-refractivity contribution is 7.71. The van der Waals surface area contributed by atoms with Gasteiger partial charge in [-0.3, -0.25) is 0 Å². The van der Waals surface area contributed by atoms with E-state index in [2.05, 4.69) is 4.98 Å². The first-order chi connectivity index (χ1) is 7.29. The van der Waals surface area contributed by atoms with Gasteiger partial charge >= 0.3 is 0 Å². The van der Waals surface area contributed by atoms with Crippen molar-refractivity contribution in [3.8, 4) is 16.9 Å². The molecule has 0 spiro atoms. The summed E-state index contributed by atoms with van der Waals surface area (Å²) < 4.78 is 5.90. The van der Waals surface area contributed by atoms with Gasteiger partial charge in [0.05, 0.1) is 7.11 Å². The van der Waals surface area contributed by atoms with E-state index in [0.717, 1.165) is 21.5 Å². The molecule has 2 aromatic rings. The summed E-state index contributed by atoms with van der Waals surface area (Å²) in [6.07, 6.45) is 1.84. The Hall–Kier alpha value is -1.61. The molecule has 0 saturated heterocycles. The normalized spacial score (nSPS) is 9.93. The molecule has 0 radical (unpaired) electrons. The second-order valence-corrected chi connectivity index (χ2v) is 3.61.